The highest BCUT2D eigenvalue weighted by atomic mass is 16.5. The van der Waals surface area contributed by atoms with Gasteiger partial charge >= 0.3 is 0 Å². The van der Waals surface area contributed by atoms with Crippen LogP contribution in [0, 0.1) is 6.92 Å². The maximum Gasteiger partial charge on any atom is 0.240 e. The van der Waals surface area contributed by atoms with Crippen LogP contribution in [0.3, 0.4) is 0 Å². The van der Waals surface area contributed by atoms with Crippen LogP contribution in [0.4, 0.5) is 5.88 Å². The quantitative estimate of drug-likeness (QED) is 0.658. The summed E-state index contributed by atoms with van der Waals surface area (Å²) in [5.41, 5.74) is 0.734. The molecule has 0 aliphatic carbocycles. The number of ether oxygens (including phenoxy) is 1. The van der Waals surface area contributed by atoms with E-state index in [1.807, 2.05) is 0 Å². The molecule has 1 aromatic rings. The third kappa shape index (κ3) is 4.57. The molecule has 84 valence electrons. The van der Waals surface area contributed by atoms with Gasteiger partial charge in [0.1, 0.15) is 0 Å². The van der Waals surface area contributed by atoms with Crippen molar-refractivity contribution >= 4 is 11.8 Å². The predicted octanol–water partition coefficient (Wildman–Crippen LogP) is 0.158. The molecular weight excluding hydrogens is 198 g/mol. The third-order valence-electron chi connectivity index (χ3n) is 1.66. The average molecular weight is 213 g/mol. The number of aryl methyl sites for hydroxylation is 1. The minimum Gasteiger partial charge on any atom is -0.383 e. The van der Waals surface area contributed by atoms with Gasteiger partial charge < -0.3 is 14.6 Å². The summed E-state index contributed by atoms with van der Waals surface area (Å²) in [5.74, 6) is 0.202. The first kappa shape index (κ1) is 11.7. The predicted molar refractivity (Wildman–Crippen MR) is 54.6 cm³/mol. The molecule has 2 N–H and O–H groups in total. The van der Waals surface area contributed by atoms with Crippen molar-refractivity contribution in [3.05, 3.63) is 11.8 Å². The Morgan fingerprint density at radius 3 is 3.07 bits per heavy atom. The standard InChI is InChI=1S/C9H15N3O3/c1-7-5-9(15-12-7)11-8(13)6-10-3-4-14-2/h5,10H,3-4,6H2,1-2H3,(H,11,13). The Bertz CT molecular complexity index is 311. The SMILES string of the molecule is COCCNCC(=O)Nc1cc(C)no1. The zero-order valence-electron chi connectivity index (χ0n) is 8.87. The monoisotopic (exact) mass is 213 g/mol. The number of nitrogens with zero attached hydrogens (tertiary/aromatic N) is 1. The Labute approximate surface area is 88.0 Å². The van der Waals surface area contributed by atoms with E-state index in [-0.39, 0.29) is 12.5 Å². The van der Waals surface area contributed by atoms with Gasteiger partial charge in [-0.2, -0.15) is 0 Å². The van der Waals surface area contributed by atoms with Crippen molar-refractivity contribution in [2.24, 2.45) is 0 Å². The molecule has 6 heteroatoms. The number of carbonyl (C=O) groups is 1. The lowest BCUT2D eigenvalue weighted by atomic mass is 10.4. The van der Waals surface area contributed by atoms with Gasteiger partial charge in [-0.05, 0) is 6.92 Å². The molecular formula is C9H15N3O3. The lowest BCUT2D eigenvalue weighted by molar-refractivity contribution is -0.115. The number of carbonyl (C=O) groups excluding carboxylic acids is 1. The fourth-order valence-electron chi connectivity index (χ4n) is 0.980. The molecule has 0 bridgehead atoms. The van der Waals surface area contributed by atoms with Gasteiger partial charge in [-0.15, -0.1) is 0 Å². The summed E-state index contributed by atoms with van der Waals surface area (Å²) in [6, 6.07) is 1.66. The minimum atomic E-state index is -0.165. The van der Waals surface area contributed by atoms with E-state index in [2.05, 4.69) is 15.8 Å². The van der Waals surface area contributed by atoms with E-state index in [0.717, 1.165) is 5.69 Å². The Balaban J connectivity index is 2.18. The van der Waals surface area contributed by atoms with Crippen molar-refractivity contribution in [3.63, 3.8) is 0 Å². The van der Waals surface area contributed by atoms with Gasteiger partial charge in [0.25, 0.3) is 0 Å². The van der Waals surface area contributed by atoms with Gasteiger partial charge in [0.15, 0.2) is 0 Å². The Morgan fingerprint density at radius 2 is 2.47 bits per heavy atom. The number of anilines is 1. The molecule has 0 saturated carbocycles. The smallest absolute Gasteiger partial charge is 0.240 e. The van der Waals surface area contributed by atoms with Crippen LogP contribution in [0.2, 0.25) is 0 Å². The molecule has 1 amide bonds. The first-order valence-electron chi connectivity index (χ1n) is 4.65. The Morgan fingerprint density at radius 1 is 1.67 bits per heavy atom. The van der Waals surface area contributed by atoms with E-state index < -0.39 is 0 Å². The van der Waals surface area contributed by atoms with Crippen LogP contribution >= 0.6 is 0 Å². The molecule has 6 nitrogen and oxygen atoms in total. The van der Waals surface area contributed by atoms with Gasteiger partial charge in [0, 0.05) is 19.7 Å². The second kappa shape index (κ2) is 6.15. The second-order valence-corrected chi connectivity index (χ2v) is 3.05. The maximum absolute atomic E-state index is 11.3. The highest BCUT2D eigenvalue weighted by Crippen LogP contribution is 2.07. The molecule has 1 aromatic heterocycles. The summed E-state index contributed by atoms with van der Waals surface area (Å²) in [7, 11) is 1.61. The molecule has 0 fully saturated rings. The molecule has 15 heavy (non-hydrogen) atoms. The fraction of sp³-hybridized carbons (Fsp3) is 0.556. The zero-order valence-corrected chi connectivity index (χ0v) is 8.87. The number of hydrogen-bond acceptors (Lipinski definition) is 5. The van der Waals surface area contributed by atoms with Crippen LogP contribution in [0.5, 0.6) is 0 Å². The maximum atomic E-state index is 11.3. The molecule has 0 unspecified atom stereocenters. The third-order valence-corrected chi connectivity index (χ3v) is 1.66. The van der Waals surface area contributed by atoms with Crippen LogP contribution in [0.15, 0.2) is 10.6 Å². The number of amides is 1. The van der Waals surface area contributed by atoms with Crippen molar-refractivity contribution in [3.8, 4) is 0 Å². The highest BCUT2D eigenvalue weighted by Gasteiger charge is 2.05. The number of rotatable bonds is 6. The van der Waals surface area contributed by atoms with E-state index >= 15 is 0 Å². The largest absolute Gasteiger partial charge is 0.383 e. The topological polar surface area (TPSA) is 76.4 Å². The Kier molecular flexibility index (Phi) is 4.79. The fourth-order valence-corrected chi connectivity index (χ4v) is 0.980. The summed E-state index contributed by atoms with van der Waals surface area (Å²) in [4.78, 5) is 11.3. The normalized spacial score (nSPS) is 10.3. The molecule has 0 spiro atoms. The number of aromatic nitrogens is 1. The van der Waals surface area contributed by atoms with Crippen molar-refractivity contribution in [2.75, 3.05) is 32.1 Å². The van der Waals surface area contributed by atoms with E-state index in [1.165, 1.54) is 0 Å². The van der Waals surface area contributed by atoms with E-state index in [0.29, 0.717) is 19.0 Å². The molecule has 0 aliphatic rings. The summed E-state index contributed by atoms with van der Waals surface area (Å²) in [6.07, 6.45) is 0. The van der Waals surface area contributed by atoms with Crippen LogP contribution in [-0.4, -0.2) is 37.9 Å². The van der Waals surface area contributed by atoms with Crippen molar-refractivity contribution in [1.82, 2.24) is 10.5 Å². The van der Waals surface area contributed by atoms with E-state index in [4.69, 9.17) is 9.26 Å². The van der Waals surface area contributed by atoms with Gasteiger partial charge in [-0.25, -0.2) is 0 Å². The minimum absolute atomic E-state index is 0.165. The lowest BCUT2D eigenvalue weighted by Crippen LogP contribution is -2.30. The summed E-state index contributed by atoms with van der Waals surface area (Å²) >= 11 is 0. The molecule has 1 heterocycles. The highest BCUT2D eigenvalue weighted by molar-refractivity contribution is 5.90. The second-order valence-electron chi connectivity index (χ2n) is 3.05. The average Bonchev–Trinajstić information content (AvgIpc) is 2.59. The van der Waals surface area contributed by atoms with Crippen LogP contribution in [0.25, 0.3) is 0 Å². The molecule has 0 saturated heterocycles. The van der Waals surface area contributed by atoms with Crippen molar-refractivity contribution in [2.45, 2.75) is 6.92 Å². The van der Waals surface area contributed by atoms with Crippen molar-refractivity contribution < 1.29 is 14.1 Å². The molecule has 0 aliphatic heterocycles. The van der Waals surface area contributed by atoms with E-state index in [9.17, 15) is 4.79 Å². The van der Waals surface area contributed by atoms with E-state index in [1.54, 1.807) is 20.1 Å². The number of hydrogen-bond donors (Lipinski definition) is 2. The molecule has 0 radical (unpaired) electrons. The van der Waals surface area contributed by atoms with Crippen LogP contribution in [0.1, 0.15) is 5.69 Å². The van der Waals surface area contributed by atoms with Gasteiger partial charge in [0.2, 0.25) is 11.8 Å². The van der Waals surface area contributed by atoms with Gasteiger partial charge in [-0.1, -0.05) is 5.16 Å². The van der Waals surface area contributed by atoms with Gasteiger partial charge in [-0.3, -0.25) is 10.1 Å². The van der Waals surface area contributed by atoms with Gasteiger partial charge in [0.05, 0.1) is 18.8 Å². The molecule has 0 aromatic carbocycles. The summed E-state index contributed by atoms with van der Waals surface area (Å²) in [5, 5.41) is 9.13. The summed E-state index contributed by atoms with van der Waals surface area (Å²) < 4.78 is 9.65. The lowest BCUT2D eigenvalue weighted by Gasteiger charge is -2.02. The van der Waals surface area contributed by atoms with Crippen LogP contribution < -0.4 is 10.6 Å². The zero-order chi connectivity index (χ0) is 11.1. The van der Waals surface area contributed by atoms with Crippen LogP contribution in [-0.2, 0) is 9.53 Å². The molecule has 0 atom stereocenters. The Hall–Kier alpha value is -1.40. The molecule has 1 rings (SSSR count). The first-order valence-corrected chi connectivity index (χ1v) is 4.65. The first-order chi connectivity index (χ1) is 7.22. The van der Waals surface area contributed by atoms with Crippen molar-refractivity contribution in [1.29, 1.82) is 0 Å². The number of nitrogens with one attached hydrogen (secondary N) is 2. The summed E-state index contributed by atoms with van der Waals surface area (Å²) in [6.45, 7) is 3.23. The number of methoxy groups -OCH3 is 1.